The predicted octanol–water partition coefficient (Wildman–Crippen LogP) is 2.58. The lowest BCUT2D eigenvalue weighted by atomic mass is 10.1. The molecular weight excluding hydrogens is 396 g/mol. The van der Waals surface area contributed by atoms with E-state index in [2.05, 4.69) is 15.5 Å². The topological polar surface area (TPSA) is 126 Å². The summed E-state index contributed by atoms with van der Waals surface area (Å²) in [7, 11) is -3.68. The summed E-state index contributed by atoms with van der Waals surface area (Å²) in [6.07, 6.45) is 1.63. The predicted molar refractivity (Wildman–Crippen MR) is 105 cm³/mol. The van der Waals surface area contributed by atoms with Gasteiger partial charge in [-0.05, 0) is 51.0 Å². The van der Waals surface area contributed by atoms with Crippen LogP contribution in [-0.4, -0.2) is 47.0 Å². The van der Waals surface area contributed by atoms with Crippen molar-refractivity contribution >= 4 is 32.7 Å². The quantitative estimate of drug-likeness (QED) is 0.626. The minimum atomic E-state index is -3.68. The number of hydrogen-bond donors (Lipinski definition) is 2. The molecule has 1 saturated heterocycles. The SMILES string of the molecule is Cc1cc(C(=O)Nc2cc(S(=O)(=O)N3CCCC3)ccc2O)c2c(C)noc2n1. The minimum Gasteiger partial charge on any atom is -0.506 e. The van der Waals surface area contributed by atoms with Gasteiger partial charge in [-0.15, -0.1) is 0 Å². The highest BCUT2D eigenvalue weighted by molar-refractivity contribution is 7.89. The van der Waals surface area contributed by atoms with Crippen LogP contribution in [0.2, 0.25) is 0 Å². The van der Waals surface area contributed by atoms with Gasteiger partial charge in [0.25, 0.3) is 11.6 Å². The lowest BCUT2D eigenvalue weighted by molar-refractivity contribution is 0.102. The van der Waals surface area contributed by atoms with Crippen molar-refractivity contribution in [1.29, 1.82) is 0 Å². The molecule has 1 fully saturated rings. The number of aromatic nitrogens is 2. The van der Waals surface area contributed by atoms with E-state index in [-0.39, 0.29) is 27.6 Å². The van der Waals surface area contributed by atoms with Crippen molar-refractivity contribution in [3.63, 3.8) is 0 Å². The van der Waals surface area contributed by atoms with E-state index in [0.29, 0.717) is 29.9 Å². The first-order chi connectivity index (χ1) is 13.8. The van der Waals surface area contributed by atoms with Gasteiger partial charge in [0.05, 0.1) is 27.2 Å². The Hall–Kier alpha value is -2.98. The molecule has 0 radical (unpaired) electrons. The maximum Gasteiger partial charge on any atom is 0.258 e. The van der Waals surface area contributed by atoms with Crippen LogP contribution in [0.25, 0.3) is 11.1 Å². The van der Waals surface area contributed by atoms with E-state index >= 15 is 0 Å². The van der Waals surface area contributed by atoms with Gasteiger partial charge in [-0.1, -0.05) is 5.16 Å². The number of fused-ring (bicyclic) bond motifs is 1. The summed E-state index contributed by atoms with van der Waals surface area (Å²) < 4.78 is 32.1. The third-order valence-electron chi connectivity index (χ3n) is 4.91. The highest BCUT2D eigenvalue weighted by Crippen LogP contribution is 2.30. The van der Waals surface area contributed by atoms with Crippen LogP contribution in [0.5, 0.6) is 5.75 Å². The van der Waals surface area contributed by atoms with Gasteiger partial charge in [0.15, 0.2) is 0 Å². The first-order valence-corrected chi connectivity index (χ1v) is 10.6. The third-order valence-corrected chi connectivity index (χ3v) is 6.80. The number of phenolic OH excluding ortho intramolecular Hbond substituents is 1. The summed E-state index contributed by atoms with van der Waals surface area (Å²) in [6, 6.07) is 5.45. The largest absolute Gasteiger partial charge is 0.506 e. The highest BCUT2D eigenvalue weighted by Gasteiger charge is 2.28. The zero-order valence-electron chi connectivity index (χ0n) is 16.0. The molecule has 0 unspecified atom stereocenters. The second-order valence-electron chi connectivity index (χ2n) is 7.00. The van der Waals surface area contributed by atoms with E-state index < -0.39 is 15.9 Å². The Kier molecular flexibility index (Phi) is 4.75. The Balaban J connectivity index is 1.70. The fourth-order valence-corrected chi connectivity index (χ4v) is 4.98. The van der Waals surface area contributed by atoms with Gasteiger partial charge in [0.1, 0.15) is 5.75 Å². The fraction of sp³-hybridized carbons (Fsp3) is 0.316. The van der Waals surface area contributed by atoms with Crippen molar-refractivity contribution in [2.24, 2.45) is 0 Å². The van der Waals surface area contributed by atoms with Crippen LogP contribution in [0.15, 0.2) is 33.7 Å². The molecule has 4 rings (SSSR count). The number of nitrogens with zero attached hydrogens (tertiary/aromatic N) is 3. The van der Waals surface area contributed by atoms with Crippen molar-refractivity contribution < 1.29 is 22.8 Å². The lowest BCUT2D eigenvalue weighted by Crippen LogP contribution is -2.28. The summed E-state index contributed by atoms with van der Waals surface area (Å²) in [5.74, 6) is -0.763. The van der Waals surface area contributed by atoms with Crippen molar-refractivity contribution in [1.82, 2.24) is 14.4 Å². The molecule has 152 valence electrons. The summed E-state index contributed by atoms with van der Waals surface area (Å²) in [4.78, 5) is 17.2. The fourth-order valence-electron chi connectivity index (χ4n) is 3.44. The molecule has 0 saturated carbocycles. The molecule has 0 bridgehead atoms. The molecule has 0 spiro atoms. The van der Waals surface area contributed by atoms with Crippen LogP contribution in [0.4, 0.5) is 5.69 Å². The minimum absolute atomic E-state index is 0.00648. The first kappa shape index (κ1) is 19.3. The van der Waals surface area contributed by atoms with Crippen molar-refractivity contribution in [3.8, 4) is 5.75 Å². The molecule has 9 nitrogen and oxygen atoms in total. The van der Waals surface area contributed by atoms with E-state index in [1.54, 1.807) is 19.9 Å². The Morgan fingerprint density at radius 3 is 2.66 bits per heavy atom. The molecule has 1 amide bonds. The molecule has 3 heterocycles. The summed E-state index contributed by atoms with van der Waals surface area (Å²) >= 11 is 0. The third kappa shape index (κ3) is 3.45. The van der Waals surface area contributed by atoms with Crippen LogP contribution in [0.1, 0.15) is 34.6 Å². The molecule has 2 aromatic heterocycles. The maximum absolute atomic E-state index is 12.9. The average Bonchev–Trinajstić information content (AvgIpc) is 3.33. The zero-order valence-corrected chi connectivity index (χ0v) is 16.8. The molecular formula is C19H20N4O5S. The number of carbonyl (C=O) groups excluding carboxylic acids is 1. The molecule has 10 heteroatoms. The van der Waals surface area contributed by atoms with Crippen LogP contribution in [0.3, 0.4) is 0 Å². The number of aryl methyl sites for hydroxylation is 2. The number of sulfonamides is 1. The van der Waals surface area contributed by atoms with E-state index in [9.17, 15) is 18.3 Å². The number of rotatable bonds is 4. The molecule has 1 aliphatic rings. The van der Waals surface area contributed by atoms with E-state index in [1.807, 2.05) is 0 Å². The van der Waals surface area contributed by atoms with Crippen LogP contribution >= 0.6 is 0 Å². The average molecular weight is 416 g/mol. The standard InChI is InChI=1S/C19H20N4O5S/c1-11-9-14(17-12(2)22-28-19(17)20-11)18(25)21-15-10-13(5-6-16(15)24)29(26,27)23-7-3-4-8-23/h5-6,9-10,24H,3-4,7-8H2,1-2H3,(H,21,25). The molecule has 3 aromatic rings. The first-order valence-electron chi connectivity index (χ1n) is 9.15. The number of anilines is 1. The molecule has 29 heavy (non-hydrogen) atoms. The van der Waals surface area contributed by atoms with E-state index in [4.69, 9.17) is 4.52 Å². The van der Waals surface area contributed by atoms with Crippen molar-refractivity contribution in [3.05, 3.63) is 41.2 Å². The van der Waals surface area contributed by atoms with Crippen LogP contribution in [0, 0.1) is 13.8 Å². The number of phenols is 1. The highest BCUT2D eigenvalue weighted by atomic mass is 32.2. The zero-order chi connectivity index (χ0) is 20.8. The van der Waals surface area contributed by atoms with Crippen LogP contribution in [-0.2, 0) is 10.0 Å². The Morgan fingerprint density at radius 2 is 1.93 bits per heavy atom. The number of carbonyl (C=O) groups is 1. The normalized spacial score (nSPS) is 15.1. The molecule has 1 aliphatic heterocycles. The van der Waals surface area contributed by atoms with Crippen molar-refractivity contribution in [2.75, 3.05) is 18.4 Å². The molecule has 0 aliphatic carbocycles. The van der Waals surface area contributed by atoms with E-state index in [1.165, 1.54) is 22.5 Å². The monoisotopic (exact) mass is 416 g/mol. The van der Waals surface area contributed by atoms with Gasteiger partial charge in [-0.25, -0.2) is 13.4 Å². The summed E-state index contributed by atoms with van der Waals surface area (Å²) in [6.45, 7) is 4.34. The van der Waals surface area contributed by atoms with E-state index in [0.717, 1.165) is 12.8 Å². The number of benzene rings is 1. The number of pyridine rings is 1. The maximum atomic E-state index is 12.9. The van der Waals surface area contributed by atoms with Crippen LogP contribution < -0.4 is 5.32 Å². The number of nitrogens with one attached hydrogen (secondary N) is 1. The number of hydrogen-bond acceptors (Lipinski definition) is 7. The number of aromatic hydroxyl groups is 1. The van der Waals surface area contributed by atoms with Gasteiger partial charge in [-0.3, -0.25) is 4.79 Å². The second kappa shape index (κ2) is 7.12. The second-order valence-corrected chi connectivity index (χ2v) is 8.94. The van der Waals surface area contributed by atoms with Gasteiger partial charge < -0.3 is 14.9 Å². The summed E-state index contributed by atoms with van der Waals surface area (Å²) in [5, 5.41) is 17.1. The molecule has 0 atom stereocenters. The summed E-state index contributed by atoms with van der Waals surface area (Å²) in [5.41, 5.74) is 1.59. The Bertz CT molecular complexity index is 1210. The van der Waals surface area contributed by atoms with Crippen molar-refractivity contribution in [2.45, 2.75) is 31.6 Å². The Labute approximate surface area is 167 Å². The van der Waals surface area contributed by atoms with Gasteiger partial charge >= 0.3 is 0 Å². The molecule has 2 N–H and O–H groups in total. The lowest BCUT2D eigenvalue weighted by Gasteiger charge is -2.17. The van der Waals surface area contributed by atoms with Gasteiger partial charge in [-0.2, -0.15) is 4.31 Å². The molecule has 1 aromatic carbocycles. The smallest absolute Gasteiger partial charge is 0.258 e. The van der Waals surface area contributed by atoms with Gasteiger partial charge in [0, 0.05) is 18.8 Å². The van der Waals surface area contributed by atoms with Gasteiger partial charge in [0.2, 0.25) is 10.0 Å². The Morgan fingerprint density at radius 1 is 1.21 bits per heavy atom. The number of amides is 1.